The fourth-order valence-electron chi connectivity index (χ4n) is 2.14. The van der Waals surface area contributed by atoms with Crippen LogP contribution in [-0.2, 0) is 9.53 Å². The highest BCUT2D eigenvalue weighted by Crippen LogP contribution is 2.22. The minimum absolute atomic E-state index is 0.219. The molecule has 20 heavy (non-hydrogen) atoms. The van der Waals surface area contributed by atoms with Crippen molar-refractivity contribution in [3.8, 4) is 5.75 Å². The molecule has 108 valence electrons. The molecule has 0 aliphatic carbocycles. The molecule has 0 saturated carbocycles. The molecule has 4 nitrogen and oxygen atoms in total. The van der Waals surface area contributed by atoms with Crippen LogP contribution in [0.25, 0.3) is 5.57 Å². The average Bonchev–Trinajstić information content (AvgIpc) is 2.49. The summed E-state index contributed by atoms with van der Waals surface area (Å²) < 4.78 is 10.4. The number of esters is 1. The summed E-state index contributed by atoms with van der Waals surface area (Å²) in [5.41, 5.74) is 2.62. The van der Waals surface area contributed by atoms with Crippen molar-refractivity contribution >= 4 is 11.5 Å². The van der Waals surface area contributed by atoms with Gasteiger partial charge in [0.05, 0.1) is 19.6 Å². The number of carbonyl (C=O) groups is 1. The maximum Gasteiger partial charge on any atom is 0.309 e. The molecule has 0 aromatic heterocycles. The van der Waals surface area contributed by atoms with Gasteiger partial charge in [-0.05, 0) is 43.2 Å². The second-order valence-corrected chi connectivity index (χ2v) is 4.61. The summed E-state index contributed by atoms with van der Waals surface area (Å²) in [4.78, 5) is 11.2. The van der Waals surface area contributed by atoms with Gasteiger partial charge >= 0.3 is 5.97 Å². The van der Waals surface area contributed by atoms with Gasteiger partial charge < -0.3 is 14.8 Å². The van der Waals surface area contributed by atoms with E-state index in [1.807, 2.05) is 12.1 Å². The van der Waals surface area contributed by atoms with Gasteiger partial charge in [-0.25, -0.2) is 0 Å². The van der Waals surface area contributed by atoms with Crippen molar-refractivity contribution in [2.75, 3.05) is 26.3 Å². The molecule has 1 aliphatic rings. The van der Waals surface area contributed by atoms with Crippen LogP contribution in [0.1, 0.15) is 25.3 Å². The predicted molar refractivity (Wildman–Crippen MR) is 78.7 cm³/mol. The van der Waals surface area contributed by atoms with E-state index in [0.717, 1.165) is 25.3 Å². The summed E-state index contributed by atoms with van der Waals surface area (Å²) in [5, 5.41) is 3.30. The number of carbonyl (C=O) groups excluding carboxylic acids is 1. The van der Waals surface area contributed by atoms with Crippen LogP contribution >= 0.6 is 0 Å². The zero-order valence-electron chi connectivity index (χ0n) is 11.9. The number of benzene rings is 1. The molecule has 0 atom stereocenters. The second kappa shape index (κ2) is 7.70. The normalized spacial score (nSPS) is 14.6. The van der Waals surface area contributed by atoms with Gasteiger partial charge in [0.1, 0.15) is 5.75 Å². The lowest BCUT2D eigenvalue weighted by Crippen LogP contribution is -2.19. The van der Waals surface area contributed by atoms with Gasteiger partial charge in [-0.1, -0.05) is 18.2 Å². The molecule has 0 fully saturated rings. The van der Waals surface area contributed by atoms with Crippen LogP contribution in [0.3, 0.4) is 0 Å². The zero-order chi connectivity index (χ0) is 14.2. The molecular weight excluding hydrogens is 254 g/mol. The number of hydrogen-bond acceptors (Lipinski definition) is 4. The van der Waals surface area contributed by atoms with E-state index in [1.54, 1.807) is 6.92 Å². The van der Waals surface area contributed by atoms with Gasteiger partial charge in [0.2, 0.25) is 0 Å². The Labute approximate surface area is 119 Å². The highest BCUT2D eigenvalue weighted by molar-refractivity contribution is 5.69. The SMILES string of the molecule is CCOC(=O)CCOc1ccc(C2=CCNCC2)cc1. The van der Waals surface area contributed by atoms with Crippen LogP contribution in [0.2, 0.25) is 0 Å². The Morgan fingerprint density at radius 2 is 2.10 bits per heavy atom. The topological polar surface area (TPSA) is 47.6 Å². The molecule has 1 aromatic carbocycles. The fraction of sp³-hybridized carbons (Fsp3) is 0.438. The van der Waals surface area contributed by atoms with Crippen molar-refractivity contribution in [2.45, 2.75) is 19.8 Å². The molecule has 0 bridgehead atoms. The van der Waals surface area contributed by atoms with Crippen LogP contribution < -0.4 is 10.1 Å². The lowest BCUT2D eigenvalue weighted by atomic mass is 10.0. The lowest BCUT2D eigenvalue weighted by Gasteiger charge is -2.14. The largest absolute Gasteiger partial charge is 0.493 e. The molecule has 0 saturated heterocycles. The zero-order valence-corrected chi connectivity index (χ0v) is 11.9. The smallest absolute Gasteiger partial charge is 0.309 e. The Hall–Kier alpha value is -1.81. The van der Waals surface area contributed by atoms with E-state index in [2.05, 4.69) is 23.5 Å². The highest BCUT2D eigenvalue weighted by atomic mass is 16.5. The van der Waals surface area contributed by atoms with Gasteiger partial charge in [-0.15, -0.1) is 0 Å². The monoisotopic (exact) mass is 275 g/mol. The minimum atomic E-state index is -0.219. The summed E-state index contributed by atoms with van der Waals surface area (Å²) >= 11 is 0. The Morgan fingerprint density at radius 1 is 1.30 bits per heavy atom. The maximum atomic E-state index is 11.2. The number of rotatable bonds is 6. The highest BCUT2D eigenvalue weighted by Gasteiger charge is 2.06. The van der Waals surface area contributed by atoms with Crippen LogP contribution in [0.15, 0.2) is 30.3 Å². The van der Waals surface area contributed by atoms with Gasteiger partial charge in [-0.2, -0.15) is 0 Å². The molecule has 2 rings (SSSR count). The minimum Gasteiger partial charge on any atom is -0.493 e. The maximum absolute atomic E-state index is 11.2. The molecule has 1 heterocycles. The first kappa shape index (κ1) is 14.6. The number of nitrogens with one attached hydrogen (secondary N) is 1. The van der Waals surface area contributed by atoms with Crippen LogP contribution in [0.5, 0.6) is 5.75 Å². The fourth-order valence-corrected chi connectivity index (χ4v) is 2.14. The van der Waals surface area contributed by atoms with Gasteiger partial charge in [0.25, 0.3) is 0 Å². The van der Waals surface area contributed by atoms with Crippen molar-refractivity contribution in [1.82, 2.24) is 5.32 Å². The summed E-state index contributed by atoms with van der Waals surface area (Å²) in [7, 11) is 0. The van der Waals surface area contributed by atoms with E-state index in [0.29, 0.717) is 13.2 Å². The molecule has 0 unspecified atom stereocenters. The average molecular weight is 275 g/mol. The first-order chi connectivity index (χ1) is 9.79. The molecule has 0 spiro atoms. The third kappa shape index (κ3) is 4.38. The first-order valence-corrected chi connectivity index (χ1v) is 7.08. The molecule has 0 amide bonds. The van der Waals surface area contributed by atoms with E-state index in [-0.39, 0.29) is 12.4 Å². The van der Waals surface area contributed by atoms with E-state index in [4.69, 9.17) is 9.47 Å². The molecule has 1 aromatic rings. The van der Waals surface area contributed by atoms with Gasteiger partial charge in [0.15, 0.2) is 0 Å². The Kier molecular flexibility index (Phi) is 5.62. The standard InChI is InChI=1S/C16H21NO3/c1-2-19-16(18)9-12-20-15-5-3-13(4-6-15)14-7-10-17-11-8-14/h3-7,17H,2,8-12H2,1H3. The third-order valence-corrected chi connectivity index (χ3v) is 3.17. The summed E-state index contributed by atoms with van der Waals surface area (Å²) in [6.07, 6.45) is 3.57. The first-order valence-electron chi connectivity index (χ1n) is 7.08. The number of hydrogen-bond donors (Lipinski definition) is 1. The molecular formula is C16H21NO3. The molecule has 0 radical (unpaired) electrons. The van der Waals surface area contributed by atoms with E-state index in [9.17, 15) is 4.79 Å². The Bertz CT molecular complexity index is 465. The van der Waals surface area contributed by atoms with Crippen molar-refractivity contribution in [3.63, 3.8) is 0 Å². The molecule has 1 aliphatic heterocycles. The molecule has 1 N–H and O–H groups in total. The van der Waals surface area contributed by atoms with Gasteiger partial charge in [0, 0.05) is 6.54 Å². The Balaban J connectivity index is 1.82. The molecule has 4 heteroatoms. The third-order valence-electron chi connectivity index (χ3n) is 3.17. The van der Waals surface area contributed by atoms with Crippen LogP contribution in [0, 0.1) is 0 Å². The van der Waals surface area contributed by atoms with E-state index in [1.165, 1.54) is 11.1 Å². The summed E-state index contributed by atoms with van der Waals surface area (Å²) in [5.74, 6) is 0.566. The number of ether oxygens (including phenoxy) is 2. The quantitative estimate of drug-likeness (QED) is 0.810. The van der Waals surface area contributed by atoms with Crippen molar-refractivity contribution in [2.24, 2.45) is 0 Å². The van der Waals surface area contributed by atoms with Crippen molar-refractivity contribution < 1.29 is 14.3 Å². The summed E-state index contributed by atoms with van der Waals surface area (Å²) in [6.45, 7) is 4.53. The van der Waals surface area contributed by atoms with Crippen LogP contribution in [0.4, 0.5) is 0 Å². The van der Waals surface area contributed by atoms with Gasteiger partial charge in [-0.3, -0.25) is 4.79 Å². The van der Waals surface area contributed by atoms with E-state index >= 15 is 0 Å². The van der Waals surface area contributed by atoms with Crippen molar-refractivity contribution in [3.05, 3.63) is 35.9 Å². The summed E-state index contributed by atoms with van der Waals surface area (Å²) in [6, 6.07) is 8.03. The Morgan fingerprint density at radius 3 is 2.75 bits per heavy atom. The lowest BCUT2D eigenvalue weighted by molar-refractivity contribution is -0.143. The van der Waals surface area contributed by atoms with E-state index < -0.39 is 0 Å². The second-order valence-electron chi connectivity index (χ2n) is 4.61. The van der Waals surface area contributed by atoms with Crippen molar-refractivity contribution in [1.29, 1.82) is 0 Å². The predicted octanol–water partition coefficient (Wildman–Crippen LogP) is 2.40. The van der Waals surface area contributed by atoms with Crippen LogP contribution in [-0.4, -0.2) is 32.3 Å².